The molecule has 3 nitrogen and oxygen atoms in total. The van der Waals surface area contributed by atoms with Gasteiger partial charge in [-0.2, -0.15) is 0 Å². The van der Waals surface area contributed by atoms with E-state index in [0.717, 1.165) is 25.7 Å². The van der Waals surface area contributed by atoms with Crippen LogP contribution in [0.4, 0.5) is 10.1 Å². The van der Waals surface area contributed by atoms with E-state index in [1.807, 2.05) is 7.05 Å². The van der Waals surface area contributed by atoms with Crippen molar-refractivity contribution in [3.63, 3.8) is 0 Å². The zero-order chi connectivity index (χ0) is 14.7. The van der Waals surface area contributed by atoms with E-state index < -0.39 is 5.82 Å². The van der Waals surface area contributed by atoms with Crippen LogP contribution in [0.15, 0.2) is 12.1 Å². The fraction of sp³-hybridized carbons (Fsp3) is 0.562. The molecule has 0 bridgehead atoms. The van der Waals surface area contributed by atoms with E-state index in [2.05, 4.69) is 0 Å². The minimum atomic E-state index is -0.414. The number of rotatable bonds is 2. The summed E-state index contributed by atoms with van der Waals surface area (Å²) in [4.78, 5) is 14.2. The maximum Gasteiger partial charge on any atom is 0.254 e. The lowest BCUT2D eigenvalue weighted by Crippen LogP contribution is -2.36. The molecule has 1 aliphatic rings. The zero-order valence-electron chi connectivity index (χ0n) is 12.3. The molecule has 1 aromatic carbocycles. The van der Waals surface area contributed by atoms with E-state index in [9.17, 15) is 9.18 Å². The first-order valence-corrected chi connectivity index (χ1v) is 7.33. The van der Waals surface area contributed by atoms with Crippen molar-refractivity contribution in [1.29, 1.82) is 0 Å². The predicted octanol–water partition coefficient (Wildman–Crippen LogP) is 3.51. The number of nitrogen functional groups attached to an aromatic ring is 1. The summed E-state index contributed by atoms with van der Waals surface area (Å²) >= 11 is 0. The lowest BCUT2D eigenvalue weighted by atomic mass is 10.0. The van der Waals surface area contributed by atoms with Gasteiger partial charge in [-0.15, -0.1) is 0 Å². The monoisotopic (exact) mass is 278 g/mol. The third kappa shape index (κ3) is 3.11. The Morgan fingerprint density at radius 1 is 1.25 bits per heavy atom. The van der Waals surface area contributed by atoms with Gasteiger partial charge >= 0.3 is 0 Å². The number of carbonyl (C=O) groups excluding carboxylic acids is 1. The Kier molecular flexibility index (Phi) is 4.63. The summed E-state index contributed by atoms with van der Waals surface area (Å²) in [6, 6.07) is 3.13. The van der Waals surface area contributed by atoms with Gasteiger partial charge in [-0.3, -0.25) is 4.79 Å². The average Bonchev–Trinajstić information content (AvgIpc) is 2.71. The summed E-state index contributed by atoms with van der Waals surface area (Å²) in [6.45, 7) is 1.62. The summed E-state index contributed by atoms with van der Waals surface area (Å²) in [5.74, 6) is -0.551. The molecule has 1 aliphatic carbocycles. The van der Waals surface area contributed by atoms with Crippen molar-refractivity contribution in [2.45, 2.75) is 51.5 Å². The molecular weight excluding hydrogens is 255 g/mol. The Morgan fingerprint density at radius 2 is 1.85 bits per heavy atom. The molecule has 0 aliphatic heterocycles. The fourth-order valence-electron chi connectivity index (χ4n) is 2.84. The Hall–Kier alpha value is -1.58. The van der Waals surface area contributed by atoms with Crippen LogP contribution in [0.1, 0.15) is 54.4 Å². The minimum Gasteiger partial charge on any atom is -0.398 e. The Morgan fingerprint density at radius 3 is 2.40 bits per heavy atom. The molecule has 0 atom stereocenters. The molecule has 4 heteroatoms. The van der Waals surface area contributed by atoms with Crippen LogP contribution in [-0.4, -0.2) is 23.9 Å². The van der Waals surface area contributed by atoms with E-state index in [1.165, 1.54) is 18.9 Å². The number of carbonyl (C=O) groups is 1. The van der Waals surface area contributed by atoms with Gasteiger partial charge in [0.05, 0.1) is 0 Å². The van der Waals surface area contributed by atoms with Crippen molar-refractivity contribution < 1.29 is 9.18 Å². The molecule has 1 aromatic rings. The van der Waals surface area contributed by atoms with Crippen LogP contribution < -0.4 is 5.73 Å². The second kappa shape index (κ2) is 6.25. The highest BCUT2D eigenvalue weighted by molar-refractivity contribution is 5.95. The second-order valence-electron chi connectivity index (χ2n) is 5.73. The normalized spacial score (nSPS) is 16.8. The Bertz CT molecular complexity index is 470. The third-order valence-corrected chi connectivity index (χ3v) is 4.32. The maximum atomic E-state index is 13.7. The third-order valence-electron chi connectivity index (χ3n) is 4.32. The fourth-order valence-corrected chi connectivity index (χ4v) is 2.84. The standard InChI is InChI=1S/C16H23FN2O/c1-11-14(17)9-12(10-15(11)18)16(20)19(2)13-7-5-3-4-6-8-13/h9-10,13H,3-8,18H2,1-2H3. The number of nitrogens with two attached hydrogens (primary N) is 1. The number of hydrogen-bond acceptors (Lipinski definition) is 2. The molecule has 0 spiro atoms. The van der Waals surface area contributed by atoms with Crippen molar-refractivity contribution in [2.75, 3.05) is 12.8 Å². The molecule has 0 heterocycles. The molecule has 0 unspecified atom stereocenters. The molecule has 0 saturated heterocycles. The Balaban J connectivity index is 2.17. The summed E-state index contributed by atoms with van der Waals surface area (Å²) in [5, 5.41) is 0. The maximum absolute atomic E-state index is 13.7. The van der Waals surface area contributed by atoms with Crippen LogP contribution in [0.25, 0.3) is 0 Å². The first-order valence-electron chi connectivity index (χ1n) is 7.33. The quantitative estimate of drug-likeness (QED) is 0.664. The predicted molar refractivity (Wildman–Crippen MR) is 79.1 cm³/mol. The van der Waals surface area contributed by atoms with Crippen LogP contribution in [0.3, 0.4) is 0 Å². The molecule has 2 N–H and O–H groups in total. The van der Waals surface area contributed by atoms with Crippen molar-refractivity contribution in [3.8, 4) is 0 Å². The number of amides is 1. The van der Waals surface area contributed by atoms with Gasteiger partial charge in [0, 0.05) is 29.9 Å². The second-order valence-corrected chi connectivity index (χ2v) is 5.73. The first-order chi connectivity index (χ1) is 9.50. The van der Waals surface area contributed by atoms with Gasteiger partial charge in [-0.25, -0.2) is 4.39 Å². The number of hydrogen-bond donors (Lipinski definition) is 1. The van der Waals surface area contributed by atoms with Crippen LogP contribution in [0, 0.1) is 12.7 Å². The summed E-state index contributed by atoms with van der Waals surface area (Å²) in [5.41, 5.74) is 6.83. The van der Waals surface area contributed by atoms with Gasteiger partial charge in [0.25, 0.3) is 5.91 Å². The number of anilines is 1. The van der Waals surface area contributed by atoms with Crippen LogP contribution >= 0.6 is 0 Å². The van der Waals surface area contributed by atoms with Gasteiger partial charge in [0.15, 0.2) is 0 Å². The molecule has 1 fully saturated rings. The lowest BCUT2D eigenvalue weighted by molar-refractivity contribution is 0.0717. The highest BCUT2D eigenvalue weighted by Gasteiger charge is 2.23. The van der Waals surface area contributed by atoms with Gasteiger partial charge < -0.3 is 10.6 Å². The van der Waals surface area contributed by atoms with E-state index in [0.29, 0.717) is 16.8 Å². The number of benzene rings is 1. The smallest absolute Gasteiger partial charge is 0.254 e. The lowest BCUT2D eigenvalue weighted by Gasteiger charge is -2.27. The van der Waals surface area contributed by atoms with Crippen LogP contribution in [0.5, 0.6) is 0 Å². The van der Waals surface area contributed by atoms with E-state index in [4.69, 9.17) is 5.73 Å². The summed E-state index contributed by atoms with van der Waals surface area (Å²) in [6.07, 6.45) is 6.87. The topological polar surface area (TPSA) is 46.3 Å². The van der Waals surface area contributed by atoms with Crippen molar-refractivity contribution in [2.24, 2.45) is 0 Å². The van der Waals surface area contributed by atoms with Gasteiger partial charge in [-0.05, 0) is 31.9 Å². The minimum absolute atomic E-state index is 0.137. The van der Waals surface area contributed by atoms with Gasteiger partial charge in [-0.1, -0.05) is 25.7 Å². The molecule has 0 aromatic heterocycles. The largest absolute Gasteiger partial charge is 0.398 e. The van der Waals surface area contributed by atoms with Crippen LogP contribution in [0.2, 0.25) is 0 Å². The van der Waals surface area contributed by atoms with Crippen LogP contribution in [-0.2, 0) is 0 Å². The van der Waals surface area contributed by atoms with E-state index in [1.54, 1.807) is 17.9 Å². The van der Waals surface area contributed by atoms with Crippen molar-refractivity contribution >= 4 is 11.6 Å². The summed E-state index contributed by atoms with van der Waals surface area (Å²) < 4.78 is 13.7. The highest BCUT2D eigenvalue weighted by atomic mass is 19.1. The average molecular weight is 278 g/mol. The highest BCUT2D eigenvalue weighted by Crippen LogP contribution is 2.24. The van der Waals surface area contributed by atoms with Gasteiger partial charge in [0.2, 0.25) is 0 Å². The molecular formula is C16H23FN2O. The molecule has 1 saturated carbocycles. The first kappa shape index (κ1) is 14.8. The molecule has 110 valence electrons. The zero-order valence-corrected chi connectivity index (χ0v) is 12.3. The SMILES string of the molecule is Cc1c(N)cc(C(=O)N(C)C2CCCCCC2)cc1F. The van der Waals surface area contributed by atoms with Crippen molar-refractivity contribution in [1.82, 2.24) is 4.90 Å². The molecule has 20 heavy (non-hydrogen) atoms. The molecule has 1 amide bonds. The number of halogens is 1. The van der Waals surface area contributed by atoms with E-state index in [-0.39, 0.29) is 11.9 Å². The molecule has 0 radical (unpaired) electrons. The Labute approximate surface area is 120 Å². The summed E-state index contributed by atoms with van der Waals surface area (Å²) in [7, 11) is 1.81. The number of nitrogens with zero attached hydrogens (tertiary/aromatic N) is 1. The van der Waals surface area contributed by atoms with Crippen molar-refractivity contribution in [3.05, 3.63) is 29.1 Å². The molecule has 2 rings (SSSR count). The van der Waals surface area contributed by atoms with E-state index >= 15 is 0 Å². The van der Waals surface area contributed by atoms with Gasteiger partial charge in [0.1, 0.15) is 5.82 Å².